The van der Waals surface area contributed by atoms with Crippen molar-refractivity contribution in [1.82, 2.24) is 10.2 Å². The van der Waals surface area contributed by atoms with Crippen molar-refractivity contribution in [1.29, 1.82) is 0 Å². The third-order valence-corrected chi connectivity index (χ3v) is 2.82. The van der Waals surface area contributed by atoms with Crippen LogP contribution in [0.15, 0.2) is 24.3 Å². The number of nitrogens with one attached hydrogen (secondary N) is 1. The van der Waals surface area contributed by atoms with E-state index in [1.165, 1.54) is 17.5 Å². The average Bonchev–Trinajstić information content (AvgIpc) is 2.41. The van der Waals surface area contributed by atoms with E-state index in [0.29, 0.717) is 19.8 Å². The number of carbonyl (C=O) groups is 1. The summed E-state index contributed by atoms with van der Waals surface area (Å²) in [4.78, 5) is 11.8. The molecule has 0 unspecified atom stereocenters. The van der Waals surface area contributed by atoms with Crippen molar-refractivity contribution in [2.75, 3.05) is 33.8 Å². The third-order valence-electron chi connectivity index (χ3n) is 2.82. The van der Waals surface area contributed by atoms with Crippen molar-refractivity contribution in [2.45, 2.75) is 13.0 Å². The van der Waals surface area contributed by atoms with Crippen LogP contribution in [0.3, 0.4) is 0 Å². The number of amides is 1. The summed E-state index contributed by atoms with van der Waals surface area (Å²) in [6.07, 6.45) is 0.0594. The largest absolute Gasteiger partial charge is 0.465 e. The van der Waals surface area contributed by atoms with Crippen LogP contribution < -0.4 is 5.32 Å². The summed E-state index contributed by atoms with van der Waals surface area (Å²) in [6, 6.07) is 8.26. The summed E-state index contributed by atoms with van der Waals surface area (Å²) < 4.78 is 5.48. The Balaban J connectivity index is 2.30. The predicted octanol–water partition coefficient (Wildman–Crippen LogP) is 1.57. The fourth-order valence-electron chi connectivity index (χ4n) is 1.63. The maximum atomic E-state index is 10.6. The zero-order valence-corrected chi connectivity index (χ0v) is 11.6. The van der Waals surface area contributed by atoms with Crippen molar-refractivity contribution in [3.05, 3.63) is 35.4 Å². The molecule has 2 N–H and O–H groups in total. The van der Waals surface area contributed by atoms with E-state index in [-0.39, 0.29) is 0 Å². The number of likely N-dealkylation sites (N-methyl/N-ethyl adjacent to an activating group) is 2. The van der Waals surface area contributed by atoms with Gasteiger partial charge in [-0.1, -0.05) is 24.3 Å². The number of nitrogens with zero attached hydrogens (tertiary/aromatic N) is 1. The normalized spacial score (nSPS) is 10.4. The molecule has 106 valence electrons. The molecule has 0 aliphatic rings. The molecule has 0 saturated carbocycles. The monoisotopic (exact) mass is 266 g/mol. The highest BCUT2D eigenvalue weighted by atomic mass is 16.5. The van der Waals surface area contributed by atoms with Crippen molar-refractivity contribution in [3.63, 3.8) is 0 Å². The Kier molecular flexibility index (Phi) is 6.92. The van der Waals surface area contributed by atoms with Crippen molar-refractivity contribution in [2.24, 2.45) is 0 Å². The molecular weight excluding hydrogens is 244 g/mol. The summed E-state index contributed by atoms with van der Waals surface area (Å²) in [5, 5.41) is 11.8. The zero-order chi connectivity index (χ0) is 14.1. The van der Waals surface area contributed by atoms with E-state index in [1.54, 1.807) is 0 Å². The van der Waals surface area contributed by atoms with E-state index < -0.39 is 6.09 Å². The molecule has 0 fully saturated rings. The maximum Gasteiger partial charge on any atom is 0.407 e. The fourth-order valence-corrected chi connectivity index (χ4v) is 1.63. The molecule has 0 saturated heterocycles. The number of benzene rings is 1. The smallest absolute Gasteiger partial charge is 0.407 e. The Labute approximate surface area is 114 Å². The molecule has 0 aliphatic heterocycles. The lowest BCUT2D eigenvalue weighted by Gasteiger charge is -2.13. The number of ether oxygens (including phenoxy) is 1. The zero-order valence-electron chi connectivity index (χ0n) is 11.6. The summed E-state index contributed by atoms with van der Waals surface area (Å²) in [5.41, 5.74) is 2.39. The van der Waals surface area contributed by atoms with Gasteiger partial charge >= 0.3 is 6.09 Å². The molecule has 0 atom stereocenters. The van der Waals surface area contributed by atoms with Crippen LogP contribution in [-0.4, -0.2) is 49.9 Å². The number of carboxylic acid groups (broad SMARTS) is 1. The predicted molar refractivity (Wildman–Crippen MR) is 74.4 cm³/mol. The van der Waals surface area contributed by atoms with Crippen LogP contribution in [-0.2, 0) is 17.8 Å². The molecule has 0 bridgehead atoms. The van der Waals surface area contributed by atoms with Crippen LogP contribution in [0, 0.1) is 0 Å². The second-order valence-corrected chi connectivity index (χ2v) is 4.43. The lowest BCUT2D eigenvalue weighted by molar-refractivity contribution is 0.0934. The maximum absolute atomic E-state index is 10.6. The van der Waals surface area contributed by atoms with Crippen molar-refractivity contribution < 1.29 is 14.6 Å². The number of hydrogen-bond acceptors (Lipinski definition) is 3. The molecule has 0 aliphatic carbocycles. The van der Waals surface area contributed by atoms with Crippen LogP contribution >= 0.6 is 0 Å². The topological polar surface area (TPSA) is 61.8 Å². The van der Waals surface area contributed by atoms with Crippen LogP contribution in [0.2, 0.25) is 0 Å². The Morgan fingerprint density at radius 3 is 2.84 bits per heavy atom. The minimum Gasteiger partial charge on any atom is -0.465 e. The van der Waals surface area contributed by atoms with Gasteiger partial charge in [-0.05, 0) is 31.1 Å². The second kappa shape index (κ2) is 8.50. The van der Waals surface area contributed by atoms with Crippen LogP contribution in [0.4, 0.5) is 4.79 Å². The standard InChI is InChI=1S/C14H22N2O3/c1-15-7-6-12-4-3-5-13(10-12)11-19-9-8-16(2)14(17)18/h3-5,10,15H,6-9,11H2,1-2H3,(H,17,18). The van der Waals surface area contributed by atoms with Crippen LogP contribution in [0.5, 0.6) is 0 Å². The van der Waals surface area contributed by atoms with Gasteiger partial charge in [0.15, 0.2) is 0 Å². The third kappa shape index (κ3) is 6.22. The first-order chi connectivity index (χ1) is 9.13. The molecule has 0 aromatic heterocycles. The molecule has 0 radical (unpaired) electrons. The van der Waals surface area contributed by atoms with Gasteiger partial charge in [-0.2, -0.15) is 0 Å². The Morgan fingerprint density at radius 1 is 1.42 bits per heavy atom. The van der Waals surface area contributed by atoms with E-state index in [4.69, 9.17) is 9.84 Å². The molecule has 1 aromatic carbocycles. The first kappa shape index (κ1) is 15.5. The summed E-state index contributed by atoms with van der Waals surface area (Å²) in [6.45, 7) is 2.26. The van der Waals surface area contributed by atoms with E-state index in [2.05, 4.69) is 17.4 Å². The van der Waals surface area contributed by atoms with E-state index >= 15 is 0 Å². The second-order valence-electron chi connectivity index (χ2n) is 4.43. The molecule has 5 heteroatoms. The molecule has 1 aromatic rings. The molecule has 1 amide bonds. The molecule has 0 spiro atoms. The van der Waals surface area contributed by atoms with Gasteiger partial charge in [0.1, 0.15) is 0 Å². The Hall–Kier alpha value is -1.59. The van der Waals surface area contributed by atoms with Gasteiger partial charge < -0.3 is 20.1 Å². The summed E-state index contributed by atoms with van der Waals surface area (Å²) in [7, 11) is 3.47. The molecule has 1 rings (SSSR count). The highest BCUT2D eigenvalue weighted by Crippen LogP contribution is 2.07. The van der Waals surface area contributed by atoms with E-state index in [1.807, 2.05) is 19.2 Å². The Bertz CT molecular complexity index is 396. The van der Waals surface area contributed by atoms with Gasteiger partial charge in [0.05, 0.1) is 13.2 Å². The SMILES string of the molecule is CNCCc1cccc(COCCN(C)C(=O)O)c1. The number of rotatable bonds is 8. The van der Waals surface area contributed by atoms with E-state index in [0.717, 1.165) is 18.5 Å². The molecule has 5 nitrogen and oxygen atoms in total. The quantitative estimate of drug-likeness (QED) is 0.701. The summed E-state index contributed by atoms with van der Waals surface area (Å²) >= 11 is 0. The molecule has 0 heterocycles. The Morgan fingerprint density at radius 2 is 2.16 bits per heavy atom. The van der Waals surface area contributed by atoms with Gasteiger partial charge in [0, 0.05) is 13.6 Å². The van der Waals surface area contributed by atoms with Gasteiger partial charge in [0.25, 0.3) is 0 Å². The number of hydrogen-bond donors (Lipinski definition) is 2. The van der Waals surface area contributed by atoms with Gasteiger partial charge in [-0.25, -0.2) is 4.79 Å². The minimum absolute atomic E-state index is 0.384. The first-order valence-corrected chi connectivity index (χ1v) is 6.37. The highest BCUT2D eigenvalue weighted by Gasteiger charge is 2.04. The highest BCUT2D eigenvalue weighted by molar-refractivity contribution is 5.64. The van der Waals surface area contributed by atoms with Gasteiger partial charge in [-0.15, -0.1) is 0 Å². The van der Waals surface area contributed by atoms with E-state index in [9.17, 15) is 4.79 Å². The van der Waals surface area contributed by atoms with Gasteiger partial charge in [0.2, 0.25) is 0 Å². The van der Waals surface area contributed by atoms with Gasteiger partial charge in [-0.3, -0.25) is 0 Å². The lowest BCUT2D eigenvalue weighted by atomic mass is 10.1. The first-order valence-electron chi connectivity index (χ1n) is 6.37. The lowest BCUT2D eigenvalue weighted by Crippen LogP contribution is -2.28. The van der Waals surface area contributed by atoms with Crippen LogP contribution in [0.25, 0.3) is 0 Å². The van der Waals surface area contributed by atoms with Crippen molar-refractivity contribution >= 4 is 6.09 Å². The minimum atomic E-state index is -0.933. The van der Waals surface area contributed by atoms with Crippen molar-refractivity contribution in [3.8, 4) is 0 Å². The fraction of sp³-hybridized carbons (Fsp3) is 0.500. The van der Waals surface area contributed by atoms with Crippen LogP contribution in [0.1, 0.15) is 11.1 Å². The molecule has 19 heavy (non-hydrogen) atoms. The summed E-state index contributed by atoms with van der Waals surface area (Å²) in [5.74, 6) is 0. The average molecular weight is 266 g/mol. The molecular formula is C14H22N2O3.